The number of anilines is 1. The topological polar surface area (TPSA) is 56.1 Å². The Bertz CT molecular complexity index is 833. The third-order valence-corrected chi connectivity index (χ3v) is 4.29. The number of ether oxygens (including phenoxy) is 1. The highest BCUT2D eigenvalue weighted by atomic mass is 16.5. The number of rotatable bonds is 4. The summed E-state index contributed by atoms with van der Waals surface area (Å²) >= 11 is 0. The monoisotopic (exact) mass is 335 g/mol. The van der Waals surface area contributed by atoms with E-state index in [2.05, 4.69) is 15.0 Å². The molecule has 2 aromatic heterocycles. The van der Waals surface area contributed by atoms with E-state index < -0.39 is 0 Å². The summed E-state index contributed by atoms with van der Waals surface area (Å²) in [4.78, 5) is 11.4. The molecule has 25 heavy (non-hydrogen) atoms. The Morgan fingerprint density at radius 1 is 1.20 bits per heavy atom. The molecular formula is C19H21N5O. The molecule has 6 heteroatoms. The molecular weight excluding hydrogens is 314 g/mol. The lowest BCUT2D eigenvalue weighted by atomic mass is 10.2. The highest BCUT2D eigenvalue weighted by molar-refractivity contribution is 5.57. The van der Waals surface area contributed by atoms with E-state index >= 15 is 0 Å². The maximum Gasteiger partial charge on any atom is 0.161 e. The van der Waals surface area contributed by atoms with Crippen molar-refractivity contribution in [1.29, 1.82) is 0 Å². The zero-order chi connectivity index (χ0) is 17.1. The van der Waals surface area contributed by atoms with Crippen molar-refractivity contribution >= 4 is 5.82 Å². The predicted molar refractivity (Wildman–Crippen MR) is 96.4 cm³/mol. The van der Waals surface area contributed by atoms with E-state index in [0.717, 1.165) is 42.4 Å². The van der Waals surface area contributed by atoms with Gasteiger partial charge in [-0.2, -0.15) is 5.10 Å². The second-order valence-electron chi connectivity index (χ2n) is 6.28. The number of aryl methyl sites for hydroxylation is 1. The Labute approximate surface area is 147 Å². The molecule has 0 saturated carbocycles. The molecule has 1 aromatic carbocycles. The highest BCUT2D eigenvalue weighted by Gasteiger charge is 2.22. The van der Waals surface area contributed by atoms with Crippen LogP contribution in [-0.2, 0) is 11.3 Å². The zero-order valence-electron chi connectivity index (χ0n) is 14.2. The van der Waals surface area contributed by atoms with Crippen LogP contribution in [0.3, 0.4) is 0 Å². The van der Waals surface area contributed by atoms with Gasteiger partial charge in [0, 0.05) is 31.0 Å². The van der Waals surface area contributed by atoms with Gasteiger partial charge in [0.1, 0.15) is 5.82 Å². The minimum Gasteiger partial charge on any atom is -0.373 e. The molecule has 0 unspecified atom stereocenters. The number of benzene rings is 1. The van der Waals surface area contributed by atoms with Crippen LogP contribution in [0.4, 0.5) is 5.82 Å². The first-order valence-electron chi connectivity index (χ1n) is 8.52. The molecule has 128 valence electrons. The van der Waals surface area contributed by atoms with Gasteiger partial charge < -0.3 is 9.64 Å². The Kier molecular flexibility index (Phi) is 4.43. The average Bonchev–Trinajstić information content (AvgIpc) is 3.07. The van der Waals surface area contributed by atoms with Crippen LogP contribution < -0.4 is 4.90 Å². The average molecular weight is 335 g/mol. The molecule has 6 nitrogen and oxygen atoms in total. The molecule has 1 aliphatic heterocycles. The lowest BCUT2D eigenvalue weighted by Gasteiger charge is -2.33. The first kappa shape index (κ1) is 15.8. The fourth-order valence-corrected chi connectivity index (χ4v) is 3.06. The number of morpholine rings is 1. The Balaban J connectivity index is 1.49. The summed E-state index contributed by atoms with van der Waals surface area (Å²) in [5.74, 6) is 1.70. The van der Waals surface area contributed by atoms with E-state index in [-0.39, 0.29) is 6.10 Å². The van der Waals surface area contributed by atoms with E-state index in [9.17, 15) is 0 Å². The standard InChI is InChI=1S/C19H21N5O/c1-15-11-21-24(12-15)14-17-13-23(9-10-25-17)18-7-8-20-19(22-18)16-5-3-2-4-6-16/h2-8,11-12,17H,9-10,13-14H2,1H3/t17-/m1/s1. The fourth-order valence-electron chi connectivity index (χ4n) is 3.06. The SMILES string of the molecule is Cc1cnn(C[C@H]2CN(c3ccnc(-c4ccccc4)n3)CCO2)c1. The molecule has 3 heterocycles. The van der Waals surface area contributed by atoms with E-state index in [1.165, 1.54) is 0 Å². The van der Waals surface area contributed by atoms with Crippen molar-refractivity contribution in [3.63, 3.8) is 0 Å². The van der Waals surface area contributed by atoms with Crippen LogP contribution in [-0.4, -0.2) is 45.5 Å². The van der Waals surface area contributed by atoms with Crippen molar-refractivity contribution < 1.29 is 4.74 Å². The van der Waals surface area contributed by atoms with Gasteiger partial charge in [-0.15, -0.1) is 0 Å². The largest absolute Gasteiger partial charge is 0.373 e. The van der Waals surface area contributed by atoms with Gasteiger partial charge in [-0.3, -0.25) is 4.68 Å². The van der Waals surface area contributed by atoms with Crippen LogP contribution in [0.5, 0.6) is 0 Å². The molecule has 0 radical (unpaired) electrons. The van der Waals surface area contributed by atoms with Crippen molar-refractivity contribution in [2.24, 2.45) is 0 Å². The Morgan fingerprint density at radius 3 is 2.88 bits per heavy atom. The van der Waals surface area contributed by atoms with Crippen LogP contribution in [0.2, 0.25) is 0 Å². The minimum absolute atomic E-state index is 0.100. The molecule has 4 rings (SSSR count). The third kappa shape index (κ3) is 3.69. The van der Waals surface area contributed by atoms with Crippen LogP contribution in [0, 0.1) is 6.92 Å². The lowest BCUT2D eigenvalue weighted by Crippen LogP contribution is -2.44. The smallest absolute Gasteiger partial charge is 0.161 e. The molecule has 3 aromatic rings. The van der Waals surface area contributed by atoms with Gasteiger partial charge in [-0.25, -0.2) is 9.97 Å². The summed E-state index contributed by atoms with van der Waals surface area (Å²) in [7, 11) is 0. The summed E-state index contributed by atoms with van der Waals surface area (Å²) in [6.45, 7) is 5.12. The lowest BCUT2D eigenvalue weighted by molar-refractivity contribution is 0.0272. The quantitative estimate of drug-likeness (QED) is 0.733. The van der Waals surface area contributed by atoms with Crippen molar-refractivity contribution in [2.75, 3.05) is 24.6 Å². The zero-order valence-corrected chi connectivity index (χ0v) is 14.2. The summed E-state index contributed by atoms with van der Waals surface area (Å²) in [6.07, 6.45) is 5.84. The first-order chi connectivity index (χ1) is 12.3. The van der Waals surface area contributed by atoms with E-state index in [1.807, 2.05) is 66.6 Å². The van der Waals surface area contributed by atoms with Gasteiger partial charge >= 0.3 is 0 Å². The van der Waals surface area contributed by atoms with Crippen LogP contribution in [0.1, 0.15) is 5.56 Å². The number of nitrogens with zero attached hydrogens (tertiary/aromatic N) is 5. The van der Waals surface area contributed by atoms with E-state index in [4.69, 9.17) is 9.72 Å². The van der Waals surface area contributed by atoms with Crippen molar-refractivity contribution in [2.45, 2.75) is 19.6 Å². The highest BCUT2D eigenvalue weighted by Crippen LogP contribution is 2.20. The Morgan fingerprint density at radius 2 is 2.08 bits per heavy atom. The molecule has 0 aliphatic carbocycles. The minimum atomic E-state index is 0.100. The van der Waals surface area contributed by atoms with Gasteiger partial charge in [0.2, 0.25) is 0 Å². The van der Waals surface area contributed by atoms with Crippen molar-refractivity contribution in [3.8, 4) is 11.4 Å². The number of hydrogen-bond donors (Lipinski definition) is 0. The molecule has 1 aliphatic rings. The molecule has 1 atom stereocenters. The van der Waals surface area contributed by atoms with Gasteiger partial charge in [0.15, 0.2) is 5.82 Å². The summed E-state index contributed by atoms with van der Waals surface area (Å²) in [6, 6.07) is 12.0. The second kappa shape index (κ2) is 7.03. The van der Waals surface area contributed by atoms with Crippen LogP contribution >= 0.6 is 0 Å². The summed E-state index contributed by atoms with van der Waals surface area (Å²) in [5, 5.41) is 4.35. The fraction of sp³-hybridized carbons (Fsp3) is 0.316. The van der Waals surface area contributed by atoms with Crippen molar-refractivity contribution in [3.05, 3.63) is 60.6 Å². The predicted octanol–water partition coefficient (Wildman–Crippen LogP) is 2.55. The van der Waals surface area contributed by atoms with E-state index in [1.54, 1.807) is 0 Å². The molecule has 0 spiro atoms. The number of aromatic nitrogens is 4. The normalized spacial score (nSPS) is 17.6. The molecule has 1 fully saturated rings. The van der Waals surface area contributed by atoms with Gasteiger partial charge in [0.05, 0.1) is 25.5 Å². The van der Waals surface area contributed by atoms with Gasteiger partial charge in [-0.05, 0) is 18.6 Å². The maximum absolute atomic E-state index is 5.91. The molecule has 0 N–H and O–H groups in total. The third-order valence-electron chi connectivity index (χ3n) is 4.29. The maximum atomic E-state index is 5.91. The Hall–Kier alpha value is -2.73. The van der Waals surface area contributed by atoms with Crippen LogP contribution in [0.25, 0.3) is 11.4 Å². The molecule has 1 saturated heterocycles. The molecule has 0 bridgehead atoms. The first-order valence-corrected chi connectivity index (χ1v) is 8.52. The summed E-state index contributed by atoms with van der Waals surface area (Å²) in [5.41, 5.74) is 2.19. The van der Waals surface area contributed by atoms with E-state index in [0.29, 0.717) is 6.61 Å². The van der Waals surface area contributed by atoms with Gasteiger partial charge in [0.25, 0.3) is 0 Å². The second-order valence-corrected chi connectivity index (χ2v) is 6.28. The number of hydrogen-bond acceptors (Lipinski definition) is 5. The van der Waals surface area contributed by atoms with Crippen molar-refractivity contribution in [1.82, 2.24) is 19.7 Å². The van der Waals surface area contributed by atoms with Crippen LogP contribution in [0.15, 0.2) is 55.0 Å². The summed E-state index contributed by atoms with van der Waals surface area (Å²) < 4.78 is 7.86. The molecule has 0 amide bonds. The van der Waals surface area contributed by atoms with Gasteiger partial charge in [-0.1, -0.05) is 30.3 Å².